The third kappa shape index (κ3) is 2.90. The van der Waals surface area contributed by atoms with Crippen LogP contribution in [0.3, 0.4) is 0 Å². The smallest absolute Gasteiger partial charge is 0.376 e. The molecule has 6 nitrogen and oxygen atoms in total. The summed E-state index contributed by atoms with van der Waals surface area (Å²) in [6, 6.07) is 5.12. The molecular weight excluding hydrogens is 298 g/mol. The van der Waals surface area contributed by atoms with Crippen LogP contribution >= 0.6 is 11.6 Å². The van der Waals surface area contributed by atoms with E-state index in [1.54, 1.807) is 18.2 Å². The first-order valence-corrected chi connectivity index (χ1v) is 6.29. The fourth-order valence-corrected chi connectivity index (χ4v) is 1.82. The van der Waals surface area contributed by atoms with Gasteiger partial charge in [0.25, 0.3) is 0 Å². The molecule has 7 heteroatoms. The Morgan fingerprint density at radius 1 is 1.19 bits per heavy atom. The van der Waals surface area contributed by atoms with Crippen molar-refractivity contribution in [1.82, 2.24) is 4.98 Å². The number of ether oxygens (including phenoxy) is 2. The number of esters is 2. The van der Waals surface area contributed by atoms with Gasteiger partial charge in [-0.25, -0.2) is 14.6 Å². The number of oxazole rings is 1. The fraction of sp³-hybridized carbons (Fsp3) is 0.214. The maximum Gasteiger partial charge on any atom is 0.376 e. The summed E-state index contributed by atoms with van der Waals surface area (Å²) in [4.78, 5) is 27.3. The minimum atomic E-state index is -0.813. The van der Waals surface area contributed by atoms with Crippen molar-refractivity contribution < 1.29 is 23.5 Å². The molecule has 21 heavy (non-hydrogen) atoms. The fourth-order valence-electron chi connectivity index (χ4n) is 1.64. The molecule has 0 radical (unpaired) electrons. The summed E-state index contributed by atoms with van der Waals surface area (Å²) in [6.45, 7) is 1.85. The molecule has 0 aliphatic rings. The molecule has 0 saturated heterocycles. The Bertz CT molecular complexity index is 674. The zero-order valence-corrected chi connectivity index (χ0v) is 12.4. The van der Waals surface area contributed by atoms with Crippen LogP contribution < -0.4 is 0 Å². The second-order valence-corrected chi connectivity index (χ2v) is 4.55. The predicted octanol–water partition coefficient (Wildman–Crippen LogP) is 2.88. The predicted molar refractivity (Wildman–Crippen MR) is 74.4 cm³/mol. The highest BCUT2D eigenvalue weighted by molar-refractivity contribution is 6.31. The van der Waals surface area contributed by atoms with Crippen LogP contribution in [0.15, 0.2) is 22.6 Å². The molecule has 0 fully saturated rings. The quantitative estimate of drug-likeness (QED) is 0.811. The van der Waals surface area contributed by atoms with Crippen molar-refractivity contribution in [2.24, 2.45) is 0 Å². The maximum absolute atomic E-state index is 11.6. The van der Waals surface area contributed by atoms with E-state index in [1.807, 2.05) is 6.92 Å². The molecule has 0 atom stereocenters. The summed E-state index contributed by atoms with van der Waals surface area (Å²) in [6.07, 6.45) is 0. The number of hydrogen-bond donors (Lipinski definition) is 0. The Hall–Kier alpha value is -2.34. The van der Waals surface area contributed by atoms with Gasteiger partial charge in [0.1, 0.15) is 0 Å². The number of halogens is 1. The Morgan fingerprint density at radius 3 is 2.43 bits per heavy atom. The van der Waals surface area contributed by atoms with Gasteiger partial charge >= 0.3 is 11.9 Å². The first kappa shape index (κ1) is 15.1. The van der Waals surface area contributed by atoms with Gasteiger partial charge < -0.3 is 13.9 Å². The average Bonchev–Trinajstić information content (AvgIpc) is 2.93. The SMILES string of the molecule is COC(=O)c1nc(-c2ccc(C)c(Cl)c2)oc1C(=O)OC. The lowest BCUT2D eigenvalue weighted by Gasteiger charge is -1.99. The van der Waals surface area contributed by atoms with Crippen LogP contribution in [0.4, 0.5) is 0 Å². The highest BCUT2D eigenvalue weighted by Crippen LogP contribution is 2.27. The number of hydrogen-bond acceptors (Lipinski definition) is 6. The van der Waals surface area contributed by atoms with Gasteiger partial charge in [-0.1, -0.05) is 17.7 Å². The minimum Gasteiger partial charge on any atom is -0.464 e. The second-order valence-electron chi connectivity index (χ2n) is 4.14. The van der Waals surface area contributed by atoms with Crippen molar-refractivity contribution >= 4 is 23.5 Å². The van der Waals surface area contributed by atoms with Crippen LogP contribution in [-0.2, 0) is 9.47 Å². The first-order chi connectivity index (χ1) is 9.97. The van der Waals surface area contributed by atoms with Crippen molar-refractivity contribution in [1.29, 1.82) is 0 Å². The van der Waals surface area contributed by atoms with Crippen molar-refractivity contribution in [3.05, 3.63) is 40.2 Å². The lowest BCUT2D eigenvalue weighted by Crippen LogP contribution is -2.10. The molecule has 2 aromatic rings. The third-order valence-electron chi connectivity index (χ3n) is 2.80. The Labute approximate surface area is 125 Å². The van der Waals surface area contributed by atoms with Crippen molar-refractivity contribution in [2.75, 3.05) is 14.2 Å². The summed E-state index contributed by atoms with van der Waals surface area (Å²) in [7, 11) is 2.36. The number of benzene rings is 1. The van der Waals surface area contributed by atoms with Gasteiger partial charge in [-0.15, -0.1) is 0 Å². The number of aromatic nitrogens is 1. The Morgan fingerprint density at radius 2 is 1.86 bits per heavy atom. The van der Waals surface area contributed by atoms with E-state index in [1.165, 1.54) is 14.2 Å². The molecule has 1 aromatic carbocycles. The molecule has 2 rings (SSSR count). The van der Waals surface area contributed by atoms with Crippen molar-refractivity contribution in [2.45, 2.75) is 6.92 Å². The zero-order chi connectivity index (χ0) is 15.6. The standard InChI is InChI=1S/C14H12ClNO5/c1-7-4-5-8(6-9(7)15)12-16-10(13(17)19-2)11(21-12)14(18)20-3/h4-6H,1-3H3. The lowest BCUT2D eigenvalue weighted by molar-refractivity contribution is 0.0527. The van der Waals surface area contributed by atoms with E-state index in [-0.39, 0.29) is 17.3 Å². The summed E-state index contributed by atoms with van der Waals surface area (Å²) in [5.74, 6) is -1.83. The Balaban J connectivity index is 2.55. The number of nitrogens with zero attached hydrogens (tertiary/aromatic N) is 1. The summed E-state index contributed by atoms with van der Waals surface area (Å²) in [5.41, 5.74) is 1.18. The highest BCUT2D eigenvalue weighted by atomic mass is 35.5. The molecule has 110 valence electrons. The van der Waals surface area contributed by atoms with Crippen LogP contribution in [0.2, 0.25) is 5.02 Å². The largest absolute Gasteiger partial charge is 0.464 e. The topological polar surface area (TPSA) is 78.6 Å². The van der Waals surface area contributed by atoms with E-state index >= 15 is 0 Å². The minimum absolute atomic E-state index is 0.0812. The second kappa shape index (κ2) is 5.97. The number of aryl methyl sites for hydroxylation is 1. The van der Waals surface area contributed by atoms with Crippen LogP contribution in [0.5, 0.6) is 0 Å². The van der Waals surface area contributed by atoms with Gasteiger partial charge in [0.2, 0.25) is 17.3 Å². The molecule has 1 heterocycles. The summed E-state index contributed by atoms with van der Waals surface area (Å²) < 4.78 is 14.5. The average molecular weight is 310 g/mol. The number of methoxy groups -OCH3 is 2. The van der Waals surface area contributed by atoms with Crippen molar-refractivity contribution in [3.63, 3.8) is 0 Å². The van der Waals surface area contributed by atoms with Crippen LogP contribution in [0, 0.1) is 6.92 Å². The monoisotopic (exact) mass is 309 g/mol. The molecule has 0 unspecified atom stereocenters. The summed E-state index contributed by atoms with van der Waals surface area (Å²) >= 11 is 6.04. The maximum atomic E-state index is 11.6. The molecule has 1 aromatic heterocycles. The molecule has 0 aliphatic heterocycles. The molecule has 0 N–H and O–H groups in total. The summed E-state index contributed by atoms with van der Waals surface area (Å²) in [5, 5.41) is 0.518. The zero-order valence-electron chi connectivity index (χ0n) is 11.6. The van der Waals surface area contributed by atoms with Gasteiger partial charge in [-0.2, -0.15) is 0 Å². The van der Waals surface area contributed by atoms with E-state index in [4.69, 9.17) is 16.0 Å². The van der Waals surface area contributed by atoms with Gasteiger partial charge in [-0.3, -0.25) is 0 Å². The van der Waals surface area contributed by atoms with E-state index < -0.39 is 11.9 Å². The Kier molecular flexibility index (Phi) is 4.28. The van der Waals surface area contributed by atoms with E-state index in [0.29, 0.717) is 10.6 Å². The molecule has 0 amide bonds. The lowest BCUT2D eigenvalue weighted by atomic mass is 10.1. The number of carbonyl (C=O) groups is 2. The number of carbonyl (C=O) groups excluding carboxylic acids is 2. The highest BCUT2D eigenvalue weighted by Gasteiger charge is 2.27. The molecular formula is C14H12ClNO5. The van der Waals surface area contributed by atoms with Gasteiger partial charge in [0.15, 0.2) is 0 Å². The van der Waals surface area contributed by atoms with Gasteiger partial charge in [-0.05, 0) is 24.6 Å². The molecule has 0 saturated carbocycles. The van der Waals surface area contributed by atoms with E-state index in [0.717, 1.165) is 5.56 Å². The molecule has 0 spiro atoms. The van der Waals surface area contributed by atoms with Crippen LogP contribution in [-0.4, -0.2) is 31.1 Å². The normalized spacial score (nSPS) is 10.3. The van der Waals surface area contributed by atoms with Crippen LogP contribution in [0.25, 0.3) is 11.5 Å². The van der Waals surface area contributed by atoms with Crippen molar-refractivity contribution in [3.8, 4) is 11.5 Å². The first-order valence-electron chi connectivity index (χ1n) is 5.92. The van der Waals surface area contributed by atoms with Gasteiger partial charge in [0, 0.05) is 10.6 Å². The molecule has 0 aliphatic carbocycles. The van der Waals surface area contributed by atoms with Crippen LogP contribution in [0.1, 0.15) is 26.6 Å². The number of rotatable bonds is 3. The third-order valence-corrected chi connectivity index (χ3v) is 3.20. The van der Waals surface area contributed by atoms with E-state index in [2.05, 4.69) is 14.5 Å². The van der Waals surface area contributed by atoms with E-state index in [9.17, 15) is 9.59 Å². The van der Waals surface area contributed by atoms with Gasteiger partial charge in [0.05, 0.1) is 14.2 Å². The molecule has 0 bridgehead atoms.